The molecule has 0 unspecified atom stereocenters. The number of aromatic nitrogens is 3. The van der Waals surface area contributed by atoms with Gasteiger partial charge >= 0.3 is 5.97 Å². The number of pyridine rings is 1. The molecular weight excluding hydrogens is 346 g/mol. The number of H-pyrrole nitrogens is 1. The number of nitrogens with zero attached hydrogens (tertiary/aromatic N) is 4. The van der Waals surface area contributed by atoms with E-state index in [9.17, 15) is 14.7 Å². The molecule has 2 aromatic heterocycles. The molecule has 27 heavy (non-hydrogen) atoms. The summed E-state index contributed by atoms with van der Waals surface area (Å²) in [7, 11) is 0. The van der Waals surface area contributed by atoms with Crippen molar-refractivity contribution in [2.24, 2.45) is 11.3 Å². The average Bonchev–Trinajstić information content (AvgIpc) is 3.36. The van der Waals surface area contributed by atoms with Gasteiger partial charge in [0.15, 0.2) is 0 Å². The zero-order chi connectivity index (χ0) is 18.9. The van der Waals surface area contributed by atoms with Crippen LogP contribution in [0.25, 0.3) is 0 Å². The predicted molar refractivity (Wildman–Crippen MR) is 96.6 cm³/mol. The molecule has 2 fully saturated rings. The van der Waals surface area contributed by atoms with Crippen LogP contribution in [-0.4, -0.2) is 67.9 Å². The van der Waals surface area contributed by atoms with Crippen molar-refractivity contribution in [3.8, 4) is 0 Å². The van der Waals surface area contributed by atoms with E-state index in [0.717, 1.165) is 11.3 Å². The van der Waals surface area contributed by atoms with E-state index in [1.165, 1.54) is 0 Å². The Balaban J connectivity index is 1.39. The number of carboxylic acids is 1. The second-order valence-corrected chi connectivity index (χ2v) is 7.54. The van der Waals surface area contributed by atoms with Crippen LogP contribution in [0.2, 0.25) is 0 Å². The number of nitrogens with one attached hydrogen (secondary N) is 1. The maximum absolute atomic E-state index is 12.6. The fourth-order valence-corrected chi connectivity index (χ4v) is 4.35. The van der Waals surface area contributed by atoms with Gasteiger partial charge in [-0.05, 0) is 18.1 Å². The summed E-state index contributed by atoms with van der Waals surface area (Å²) >= 11 is 0. The monoisotopic (exact) mass is 369 g/mol. The van der Waals surface area contributed by atoms with E-state index in [1.807, 2.05) is 12.1 Å². The molecule has 142 valence electrons. The Morgan fingerprint density at radius 3 is 2.81 bits per heavy atom. The van der Waals surface area contributed by atoms with Crippen LogP contribution in [0.5, 0.6) is 0 Å². The Morgan fingerprint density at radius 2 is 2.15 bits per heavy atom. The van der Waals surface area contributed by atoms with Gasteiger partial charge in [0, 0.05) is 69.3 Å². The Labute approximate surface area is 157 Å². The first-order valence-electron chi connectivity index (χ1n) is 9.16. The molecule has 0 bridgehead atoms. The lowest BCUT2D eigenvalue weighted by Gasteiger charge is -2.25. The third-order valence-electron chi connectivity index (χ3n) is 5.76. The average molecular weight is 369 g/mol. The van der Waals surface area contributed by atoms with Crippen molar-refractivity contribution in [1.29, 1.82) is 0 Å². The minimum absolute atomic E-state index is 0.0222. The van der Waals surface area contributed by atoms with E-state index in [1.54, 1.807) is 29.8 Å². The number of likely N-dealkylation sites (tertiary alicyclic amines) is 2. The number of amides is 1. The third kappa shape index (κ3) is 3.44. The summed E-state index contributed by atoms with van der Waals surface area (Å²) in [6.45, 7) is 2.59. The minimum atomic E-state index is -0.871. The molecule has 8 nitrogen and oxygen atoms in total. The van der Waals surface area contributed by atoms with E-state index in [2.05, 4.69) is 19.9 Å². The summed E-state index contributed by atoms with van der Waals surface area (Å²) in [6.07, 6.45) is 7.86. The van der Waals surface area contributed by atoms with Gasteiger partial charge in [0.2, 0.25) is 5.91 Å². The molecule has 0 spiro atoms. The fourth-order valence-electron chi connectivity index (χ4n) is 4.35. The largest absolute Gasteiger partial charge is 0.481 e. The molecule has 2 N–H and O–H groups in total. The molecule has 2 saturated heterocycles. The standard InChI is InChI=1S/C19H23N5O3/c25-17(4-3-14-2-1-5-20-6-14)24-9-15-8-23(10-16-7-21-13-22-16)11-19(15,12-24)18(26)27/h1-2,5-7,13,15H,3-4,8-12H2,(H,21,22)(H,26,27)/t15-,19-/m0/s1. The van der Waals surface area contributed by atoms with Gasteiger partial charge in [0.05, 0.1) is 6.33 Å². The minimum Gasteiger partial charge on any atom is -0.481 e. The zero-order valence-corrected chi connectivity index (χ0v) is 15.0. The van der Waals surface area contributed by atoms with Gasteiger partial charge in [-0.3, -0.25) is 19.5 Å². The lowest BCUT2D eigenvalue weighted by molar-refractivity contribution is -0.149. The summed E-state index contributed by atoms with van der Waals surface area (Å²) < 4.78 is 0. The van der Waals surface area contributed by atoms with Crippen LogP contribution in [-0.2, 0) is 22.6 Å². The van der Waals surface area contributed by atoms with Crippen molar-refractivity contribution in [3.63, 3.8) is 0 Å². The van der Waals surface area contributed by atoms with Gasteiger partial charge in [0.25, 0.3) is 0 Å². The number of carbonyl (C=O) groups excluding carboxylic acids is 1. The van der Waals surface area contributed by atoms with Crippen LogP contribution in [0.4, 0.5) is 0 Å². The predicted octanol–water partition coefficient (Wildman–Crippen LogP) is 0.782. The molecule has 8 heteroatoms. The van der Waals surface area contributed by atoms with Crippen molar-refractivity contribution in [3.05, 3.63) is 48.3 Å². The van der Waals surface area contributed by atoms with Gasteiger partial charge in [-0.15, -0.1) is 0 Å². The maximum Gasteiger partial charge on any atom is 0.313 e. The van der Waals surface area contributed by atoms with E-state index < -0.39 is 11.4 Å². The fraction of sp³-hybridized carbons (Fsp3) is 0.474. The van der Waals surface area contributed by atoms with Crippen molar-refractivity contribution < 1.29 is 14.7 Å². The first-order chi connectivity index (χ1) is 13.1. The first kappa shape index (κ1) is 17.7. The van der Waals surface area contributed by atoms with Gasteiger partial charge < -0.3 is 15.0 Å². The highest BCUT2D eigenvalue weighted by molar-refractivity contribution is 5.81. The van der Waals surface area contributed by atoms with Crippen LogP contribution in [0.15, 0.2) is 37.1 Å². The third-order valence-corrected chi connectivity index (χ3v) is 5.76. The molecule has 1 amide bonds. The van der Waals surface area contributed by atoms with E-state index in [-0.39, 0.29) is 11.8 Å². The molecule has 0 aliphatic carbocycles. The summed E-state index contributed by atoms with van der Waals surface area (Å²) in [6, 6.07) is 3.80. The lowest BCUT2D eigenvalue weighted by atomic mass is 9.81. The normalized spacial score (nSPS) is 24.9. The molecule has 0 saturated carbocycles. The van der Waals surface area contributed by atoms with Crippen molar-refractivity contribution in [2.75, 3.05) is 26.2 Å². The highest BCUT2D eigenvalue weighted by Gasteiger charge is 2.58. The smallest absolute Gasteiger partial charge is 0.313 e. The number of aliphatic carboxylic acids is 1. The van der Waals surface area contributed by atoms with Crippen LogP contribution in [0, 0.1) is 11.3 Å². The van der Waals surface area contributed by atoms with Crippen LogP contribution >= 0.6 is 0 Å². The van der Waals surface area contributed by atoms with E-state index >= 15 is 0 Å². The molecule has 0 radical (unpaired) electrons. The van der Waals surface area contributed by atoms with Crippen LogP contribution in [0.3, 0.4) is 0 Å². The molecule has 2 aliphatic heterocycles. The Morgan fingerprint density at radius 1 is 1.26 bits per heavy atom. The van der Waals surface area contributed by atoms with E-state index in [4.69, 9.17) is 0 Å². The first-order valence-corrected chi connectivity index (χ1v) is 9.16. The van der Waals surface area contributed by atoms with Gasteiger partial charge in [-0.2, -0.15) is 0 Å². The molecule has 2 atom stereocenters. The number of hydrogen-bond donors (Lipinski definition) is 2. The highest BCUT2D eigenvalue weighted by Crippen LogP contribution is 2.43. The summed E-state index contributed by atoms with van der Waals surface area (Å²) in [5.74, 6) is -0.823. The SMILES string of the molecule is O=C(CCc1cccnc1)N1C[C@@H]2CN(Cc3cnc[nH]3)C[C@]2(C(=O)O)C1. The van der Waals surface area contributed by atoms with Gasteiger partial charge in [-0.1, -0.05) is 6.07 Å². The molecule has 4 rings (SSSR count). The summed E-state index contributed by atoms with van der Waals surface area (Å²) in [5, 5.41) is 9.93. The number of aromatic amines is 1. The van der Waals surface area contributed by atoms with Crippen molar-refractivity contribution in [2.45, 2.75) is 19.4 Å². The van der Waals surface area contributed by atoms with Crippen molar-refractivity contribution >= 4 is 11.9 Å². The quantitative estimate of drug-likeness (QED) is 0.780. The Kier molecular flexibility index (Phi) is 4.65. The number of carbonyl (C=O) groups is 2. The number of imidazole rings is 1. The number of fused-ring (bicyclic) bond motifs is 1. The Bertz CT molecular complexity index is 810. The Hall–Kier alpha value is -2.74. The van der Waals surface area contributed by atoms with E-state index in [0.29, 0.717) is 45.6 Å². The molecule has 0 aromatic carbocycles. The summed E-state index contributed by atoms with van der Waals surface area (Å²) in [4.78, 5) is 39.8. The molecule has 2 aliphatic rings. The van der Waals surface area contributed by atoms with Crippen LogP contribution in [0.1, 0.15) is 17.7 Å². The summed E-state index contributed by atoms with van der Waals surface area (Å²) in [5.41, 5.74) is 1.12. The van der Waals surface area contributed by atoms with Crippen molar-refractivity contribution in [1.82, 2.24) is 24.8 Å². The van der Waals surface area contributed by atoms with Crippen LogP contribution < -0.4 is 0 Å². The van der Waals surface area contributed by atoms with Gasteiger partial charge in [-0.25, -0.2) is 4.98 Å². The maximum atomic E-state index is 12.6. The topological polar surface area (TPSA) is 102 Å². The molecular formula is C19H23N5O3. The number of aryl methyl sites for hydroxylation is 1. The lowest BCUT2D eigenvalue weighted by Crippen LogP contribution is -2.42. The second-order valence-electron chi connectivity index (χ2n) is 7.54. The molecule has 4 heterocycles. The van der Waals surface area contributed by atoms with Gasteiger partial charge in [0.1, 0.15) is 5.41 Å². The highest BCUT2D eigenvalue weighted by atomic mass is 16.4. The second kappa shape index (κ2) is 7.11. The number of hydrogen-bond acceptors (Lipinski definition) is 5. The number of carboxylic acid groups (broad SMARTS) is 1. The number of rotatable bonds is 6. The zero-order valence-electron chi connectivity index (χ0n) is 15.0. The molecule has 2 aromatic rings.